The highest BCUT2D eigenvalue weighted by atomic mass is 16.5. The van der Waals surface area contributed by atoms with Gasteiger partial charge in [0.1, 0.15) is 5.75 Å². The topological polar surface area (TPSA) is 46.5 Å². The molecule has 0 aromatic heterocycles. The minimum absolute atomic E-state index is 0.0110. The largest absolute Gasteiger partial charge is 0.493 e. The number of benzene rings is 1. The van der Waals surface area contributed by atoms with E-state index in [4.69, 9.17) is 9.84 Å². The van der Waals surface area contributed by atoms with Gasteiger partial charge >= 0.3 is 5.97 Å². The number of rotatable bonds is 7. The fourth-order valence-electron chi connectivity index (χ4n) is 2.87. The first-order valence-electron chi connectivity index (χ1n) is 9.91. The molecule has 1 rings (SSSR count). The number of carboxylic acid groups (broad SMARTS) is 1. The molecule has 0 unspecified atom stereocenters. The van der Waals surface area contributed by atoms with Gasteiger partial charge in [-0.05, 0) is 47.8 Å². The van der Waals surface area contributed by atoms with Gasteiger partial charge < -0.3 is 9.84 Å². The van der Waals surface area contributed by atoms with Crippen LogP contribution in [0.2, 0.25) is 0 Å². The summed E-state index contributed by atoms with van der Waals surface area (Å²) in [5.41, 5.74) is 4.48. The van der Waals surface area contributed by atoms with E-state index in [0.29, 0.717) is 12.2 Å². The maximum atomic E-state index is 10.7. The molecule has 0 atom stereocenters. The van der Waals surface area contributed by atoms with Crippen molar-refractivity contribution in [3.63, 3.8) is 0 Å². The molecule has 0 amide bonds. The summed E-state index contributed by atoms with van der Waals surface area (Å²) in [5.74, 6) is 0.0553. The van der Waals surface area contributed by atoms with Crippen LogP contribution in [0.3, 0.4) is 0 Å². The van der Waals surface area contributed by atoms with E-state index in [0.717, 1.165) is 12.2 Å². The van der Waals surface area contributed by atoms with Crippen molar-refractivity contribution in [3.05, 3.63) is 64.8 Å². The van der Waals surface area contributed by atoms with Gasteiger partial charge in [0.2, 0.25) is 0 Å². The molecule has 0 saturated heterocycles. The molecule has 28 heavy (non-hydrogen) atoms. The first kappa shape index (κ1) is 23.7. The Bertz CT molecular complexity index is 766. The van der Waals surface area contributed by atoms with E-state index in [1.54, 1.807) is 13.0 Å². The maximum absolute atomic E-state index is 10.7. The molecule has 1 N–H and O–H groups in total. The van der Waals surface area contributed by atoms with Crippen LogP contribution in [0, 0.1) is 0 Å². The first-order chi connectivity index (χ1) is 12.9. The second-order valence-electron chi connectivity index (χ2n) is 9.16. The summed E-state index contributed by atoms with van der Waals surface area (Å²) in [6.07, 6.45) is 9.65. The molecule has 0 radical (unpaired) electrons. The lowest BCUT2D eigenvalue weighted by molar-refractivity contribution is -0.131. The van der Waals surface area contributed by atoms with Crippen molar-refractivity contribution >= 4 is 5.97 Å². The predicted molar refractivity (Wildman–Crippen MR) is 118 cm³/mol. The third-order valence-electron chi connectivity index (χ3n) is 4.42. The number of aliphatic carboxylic acids is 1. The number of ether oxygens (including phenoxy) is 1. The lowest BCUT2D eigenvalue weighted by atomic mass is 9.78. The molecule has 0 bridgehead atoms. The van der Waals surface area contributed by atoms with E-state index in [1.807, 2.05) is 19.1 Å². The van der Waals surface area contributed by atoms with Crippen molar-refractivity contribution in [1.82, 2.24) is 0 Å². The highest BCUT2D eigenvalue weighted by Gasteiger charge is 2.25. The Morgan fingerprint density at radius 1 is 1.07 bits per heavy atom. The Morgan fingerprint density at radius 3 is 2.21 bits per heavy atom. The summed E-state index contributed by atoms with van der Waals surface area (Å²) in [4.78, 5) is 10.7. The average Bonchev–Trinajstić information content (AvgIpc) is 2.53. The molecule has 0 heterocycles. The number of hydrogen-bond acceptors (Lipinski definition) is 2. The van der Waals surface area contributed by atoms with Crippen LogP contribution in [0.1, 0.15) is 72.1 Å². The fraction of sp³-hybridized carbons (Fsp3) is 0.480. The third-order valence-corrected chi connectivity index (χ3v) is 4.42. The van der Waals surface area contributed by atoms with E-state index < -0.39 is 5.97 Å². The van der Waals surface area contributed by atoms with Gasteiger partial charge in [-0.3, -0.25) is 0 Å². The first-order valence-corrected chi connectivity index (χ1v) is 9.91. The summed E-state index contributed by atoms with van der Waals surface area (Å²) >= 11 is 0. The SMILES string of the molecule is CCOc1c(C/C=C/C=C/C(C)=C/C(=O)O)cc(C(C)(C)C)cc1C(C)(C)C. The number of carbonyl (C=O) groups is 1. The molecule has 0 spiro atoms. The molecule has 1 aromatic rings. The van der Waals surface area contributed by atoms with Crippen LogP contribution in [-0.2, 0) is 22.0 Å². The predicted octanol–water partition coefficient (Wildman–Crippen LogP) is 6.37. The minimum Gasteiger partial charge on any atom is -0.493 e. The van der Waals surface area contributed by atoms with Crippen LogP contribution in [0.15, 0.2) is 48.1 Å². The lowest BCUT2D eigenvalue weighted by Crippen LogP contribution is -2.19. The van der Waals surface area contributed by atoms with E-state index in [1.165, 1.54) is 22.8 Å². The zero-order chi connectivity index (χ0) is 21.5. The molecule has 0 aliphatic heterocycles. The van der Waals surface area contributed by atoms with Gasteiger partial charge in [-0.15, -0.1) is 0 Å². The van der Waals surface area contributed by atoms with Crippen molar-refractivity contribution in [2.24, 2.45) is 0 Å². The van der Waals surface area contributed by atoms with Gasteiger partial charge in [0.15, 0.2) is 0 Å². The van der Waals surface area contributed by atoms with Gasteiger partial charge in [0.25, 0.3) is 0 Å². The minimum atomic E-state index is -0.929. The standard InChI is InChI=1S/C25H36O3/c1-9-28-23-19(14-12-10-11-13-18(2)15-22(26)27)16-20(24(3,4)5)17-21(23)25(6,7)8/h10-13,15-17H,9,14H2,1-8H3,(H,26,27)/b12-10+,13-11+,18-15+. The Morgan fingerprint density at radius 2 is 1.71 bits per heavy atom. The Hall–Kier alpha value is -2.29. The second kappa shape index (κ2) is 9.77. The summed E-state index contributed by atoms with van der Waals surface area (Å²) in [5, 5.41) is 8.76. The molecule has 0 fully saturated rings. The second-order valence-corrected chi connectivity index (χ2v) is 9.16. The highest BCUT2D eigenvalue weighted by molar-refractivity contribution is 5.81. The Balaban J connectivity index is 3.26. The van der Waals surface area contributed by atoms with Gasteiger partial charge in [0.05, 0.1) is 6.61 Å². The van der Waals surface area contributed by atoms with Crippen molar-refractivity contribution in [2.45, 2.75) is 72.6 Å². The van der Waals surface area contributed by atoms with Crippen LogP contribution in [0.4, 0.5) is 0 Å². The maximum Gasteiger partial charge on any atom is 0.328 e. The van der Waals surface area contributed by atoms with E-state index in [9.17, 15) is 4.79 Å². The fourth-order valence-corrected chi connectivity index (χ4v) is 2.87. The lowest BCUT2D eigenvalue weighted by Gasteiger charge is -2.29. The van der Waals surface area contributed by atoms with E-state index in [-0.39, 0.29) is 10.8 Å². The zero-order valence-corrected chi connectivity index (χ0v) is 18.7. The van der Waals surface area contributed by atoms with Gasteiger partial charge in [-0.2, -0.15) is 0 Å². The molecule has 3 heteroatoms. The van der Waals surface area contributed by atoms with Crippen LogP contribution in [0.5, 0.6) is 5.75 Å². The zero-order valence-electron chi connectivity index (χ0n) is 18.7. The summed E-state index contributed by atoms with van der Waals surface area (Å²) < 4.78 is 6.08. The van der Waals surface area contributed by atoms with Crippen molar-refractivity contribution in [1.29, 1.82) is 0 Å². The van der Waals surface area contributed by atoms with Crippen LogP contribution >= 0.6 is 0 Å². The van der Waals surface area contributed by atoms with Gasteiger partial charge in [-0.1, -0.05) is 78.0 Å². The Kier molecular flexibility index (Phi) is 8.29. The third kappa shape index (κ3) is 7.38. The summed E-state index contributed by atoms with van der Waals surface area (Å²) in [6, 6.07) is 4.54. The summed E-state index contributed by atoms with van der Waals surface area (Å²) in [7, 11) is 0. The highest BCUT2D eigenvalue weighted by Crippen LogP contribution is 2.38. The van der Waals surface area contributed by atoms with Crippen molar-refractivity contribution in [3.8, 4) is 5.75 Å². The summed E-state index contributed by atoms with van der Waals surface area (Å²) in [6.45, 7) is 17.8. The molecule has 0 aliphatic carbocycles. The number of hydrogen-bond donors (Lipinski definition) is 1. The van der Waals surface area contributed by atoms with Crippen molar-refractivity contribution in [2.75, 3.05) is 6.61 Å². The van der Waals surface area contributed by atoms with E-state index >= 15 is 0 Å². The monoisotopic (exact) mass is 384 g/mol. The van der Waals surface area contributed by atoms with Gasteiger partial charge in [-0.25, -0.2) is 4.79 Å². The van der Waals surface area contributed by atoms with Crippen LogP contribution < -0.4 is 4.74 Å². The van der Waals surface area contributed by atoms with E-state index in [2.05, 4.69) is 59.8 Å². The van der Waals surface area contributed by atoms with Crippen LogP contribution in [0.25, 0.3) is 0 Å². The quantitative estimate of drug-likeness (QED) is 0.439. The van der Waals surface area contributed by atoms with Gasteiger partial charge in [0, 0.05) is 11.6 Å². The molecule has 1 aromatic carbocycles. The number of carboxylic acids is 1. The molecule has 0 aliphatic rings. The molecular weight excluding hydrogens is 348 g/mol. The smallest absolute Gasteiger partial charge is 0.328 e. The normalized spacial score (nSPS) is 13.5. The molecule has 0 saturated carbocycles. The van der Waals surface area contributed by atoms with Crippen molar-refractivity contribution < 1.29 is 14.6 Å². The molecule has 3 nitrogen and oxygen atoms in total. The molecular formula is C25H36O3. The molecule has 154 valence electrons. The van der Waals surface area contributed by atoms with Crippen LogP contribution in [-0.4, -0.2) is 17.7 Å². The average molecular weight is 385 g/mol. The number of allylic oxidation sites excluding steroid dienone is 5. The Labute approximate surface area is 170 Å².